The molecule has 1 aliphatic rings. The van der Waals surface area contributed by atoms with Crippen molar-refractivity contribution in [3.63, 3.8) is 0 Å². The van der Waals surface area contributed by atoms with Gasteiger partial charge < -0.3 is 10.2 Å². The van der Waals surface area contributed by atoms with Crippen LogP contribution in [-0.2, 0) is 0 Å². The van der Waals surface area contributed by atoms with Crippen molar-refractivity contribution in [2.75, 3.05) is 0 Å². The summed E-state index contributed by atoms with van der Waals surface area (Å²) in [5.41, 5.74) is 0.975. The van der Waals surface area contributed by atoms with Gasteiger partial charge in [-0.1, -0.05) is 6.07 Å². The second-order valence-corrected chi connectivity index (χ2v) is 3.02. The summed E-state index contributed by atoms with van der Waals surface area (Å²) in [4.78, 5) is 0. The van der Waals surface area contributed by atoms with E-state index in [-0.39, 0.29) is 11.5 Å². The molecule has 0 aliphatic heterocycles. The largest absolute Gasteiger partial charge is 0.508 e. The van der Waals surface area contributed by atoms with E-state index < -0.39 is 0 Å². The second kappa shape index (κ2) is 2.16. The van der Waals surface area contributed by atoms with Crippen LogP contribution in [-0.4, -0.2) is 10.2 Å². The minimum atomic E-state index is 0.131. The maximum absolute atomic E-state index is 9.34. The standard InChI is InChI=1S/C9H10O2/c10-7-3-4-8(6-1-2-6)9(11)5-7/h3-6,10-11H,1-2H2. The van der Waals surface area contributed by atoms with Crippen LogP contribution in [0.4, 0.5) is 0 Å². The summed E-state index contributed by atoms with van der Waals surface area (Å²) in [5, 5.41) is 18.3. The Balaban J connectivity index is 2.39. The highest BCUT2D eigenvalue weighted by Crippen LogP contribution is 2.44. The summed E-state index contributed by atoms with van der Waals surface area (Å²) >= 11 is 0. The first-order chi connectivity index (χ1) is 5.27. The fraction of sp³-hybridized carbons (Fsp3) is 0.333. The summed E-state index contributed by atoms with van der Waals surface area (Å²) in [5.74, 6) is 0.898. The Hall–Kier alpha value is -1.18. The minimum absolute atomic E-state index is 0.131. The quantitative estimate of drug-likeness (QED) is 0.642. The molecule has 2 heteroatoms. The van der Waals surface area contributed by atoms with E-state index in [0.717, 1.165) is 5.56 Å². The molecular formula is C9H10O2. The molecule has 1 aromatic rings. The first-order valence-electron chi connectivity index (χ1n) is 3.79. The zero-order chi connectivity index (χ0) is 7.84. The van der Waals surface area contributed by atoms with Gasteiger partial charge in [0.25, 0.3) is 0 Å². The third-order valence-electron chi connectivity index (χ3n) is 2.03. The molecule has 1 aromatic carbocycles. The molecule has 1 aliphatic carbocycles. The number of phenols is 2. The highest BCUT2D eigenvalue weighted by atomic mass is 16.3. The summed E-state index contributed by atoms with van der Waals surface area (Å²) in [6.45, 7) is 0. The zero-order valence-corrected chi connectivity index (χ0v) is 6.12. The van der Waals surface area contributed by atoms with E-state index in [9.17, 15) is 5.11 Å². The Labute approximate surface area is 65.1 Å². The molecule has 0 bridgehead atoms. The van der Waals surface area contributed by atoms with Crippen molar-refractivity contribution in [2.24, 2.45) is 0 Å². The van der Waals surface area contributed by atoms with Gasteiger partial charge in [0.1, 0.15) is 11.5 Å². The molecular weight excluding hydrogens is 140 g/mol. The average Bonchev–Trinajstić information content (AvgIpc) is 2.70. The van der Waals surface area contributed by atoms with Gasteiger partial charge in [0.05, 0.1) is 0 Å². The minimum Gasteiger partial charge on any atom is -0.508 e. The average molecular weight is 150 g/mol. The molecule has 2 N–H and O–H groups in total. The van der Waals surface area contributed by atoms with Crippen molar-refractivity contribution in [2.45, 2.75) is 18.8 Å². The molecule has 1 fully saturated rings. The number of aromatic hydroxyl groups is 2. The number of hydrogen-bond acceptors (Lipinski definition) is 2. The molecule has 0 heterocycles. The Morgan fingerprint density at radius 1 is 1.18 bits per heavy atom. The Morgan fingerprint density at radius 2 is 1.91 bits per heavy atom. The maximum atomic E-state index is 9.34. The van der Waals surface area contributed by atoms with Crippen LogP contribution in [0, 0.1) is 0 Å². The molecule has 1 saturated carbocycles. The second-order valence-electron chi connectivity index (χ2n) is 3.02. The van der Waals surface area contributed by atoms with E-state index in [1.54, 1.807) is 12.1 Å². The van der Waals surface area contributed by atoms with Gasteiger partial charge in [-0.25, -0.2) is 0 Å². The SMILES string of the molecule is Oc1ccc(C2CC2)c(O)c1. The third-order valence-corrected chi connectivity index (χ3v) is 2.03. The van der Waals surface area contributed by atoms with E-state index in [2.05, 4.69) is 0 Å². The monoisotopic (exact) mass is 150 g/mol. The molecule has 0 unspecified atom stereocenters. The molecule has 58 valence electrons. The van der Waals surface area contributed by atoms with E-state index in [1.165, 1.54) is 18.9 Å². The molecule has 0 radical (unpaired) electrons. The van der Waals surface area contributed by atoms with Crippen LogP contribution in [0.3, 0.4) is 0 Å². The van der Waals surface area contributed by atoms with Gasteiger partial charge in [-0.2, -0.15) is 0 Å². The smallest absolute Gasteiger partial charge is 0.122 e. The lowest BCUT2D eigenvalue weighted by Gasteiger charge is -2.01. The lowest BCUT2D eigenvalue weighted by atomic mass is 10.1. The van der Waals surface area contributed by atoms with Gasteiger partial charge in [-0.15, -0.1) is 0 Å². The van der Waals surface area contributed by atoms with Gasteiger partial charge in [-0.3, -0.25) is 0 Å². The topological polar surface area (TPSA) is 40.5 Å². The molecule has 2 nitrogen and oxygen atoms in total. The Kier molecular flexibility index (Phi) is 1.28. The summed E-state index contributed by atoms with van der Waals surface area (Å²) < 4.78 is 0. The van der Waals surface area contributed by atoms with Crippen molar-refractivity contribution in [1.29, 1.82) is 0 Å². The Bertz CT molecular complexity index is 277. The van der Waals surface area contributed by atoms with Crippen LogP contribution < -0.4 is 0 Å². The molecule has 2 rings (SSSR count). The third kappa shape index (κ3) is 1.16. The number of rotatable bonds is 1. The molecule has 11 heavy (non-hydrogen) atoms. The predicted octanol–water partition coefficient (Wildman–Crippen LogP) is 1.98. The maximum Gasteiger partial charge on any atom is 0.122 e. The molecule has 0 spiro atoms. The van der Waals surface area contributed by atoms with Gasteiger partial charge >= 0.3 is 0 Å². The zero-order valence-electron chi connectivity index (χ0n) is 6.12. The van der Waals surface area contributed by atoms with Crippen LogP contribution in [0.1, 0.15) is 24.3 Å². The van der Waals surface area contributed by atoms with Crippen molar-refractivity contribution in [3.05, 3.63) is 23.8 Å². The lowest BCUT2D eigenvalue weighted by Crippen LogP contribution is -1.79. The number of benzene rings is 1. The van der Waals surface area contributed by atoms with Crippen LogP contribution in [0.2, 0.25) is 0 Å². The molecule has 0 amide bonds. The number of phenolic OH excluding ortho intramolecular Hbond substituents is 2. The fourth-order valence-corrected chi connectivity index (χ4v) is 1.27. The van der Waals surface area contributed by atoms with E-state index in [4.69, 9.17) is 5.11 Å². The lowest BCUT2D eigenvalue weighted by molar-refractivity contribution is 0.446. The van der Waals surface area contributed by atoms with Gasteiger partial charge in [0.15, 0.2) is 0 Å². The molecule has 0 atom stereocenters. The van der Waals surface area contributed by atoms with E-state index in [1.807, 2.05) is 0 Å². The molecule has 0 saturated heterocycles. The van der Waals surface area contributed by atoms with Crippen LogP contribution >= 0.6 is 0 Å². The Morgan fingerprint density at radius 3 is 2.45 bits per heavy atom. The first kappa shape index (κ1) is 6.53. The fourth-order valence-electron chi connectivity index (χ4n) is 1.27. The van der Waals surface area contributed by atoms with Gasteiger partial charge in [-0.05, 0) is 30.4 Å². The summed E-state index contributed by atoms with van der Waals surface area (Å²) in [6, 6.07) is 4.81. The normalized spacial score (nSPS) is 16.7. The van der Waals surface area contributed by atoms with Crippen molar-refractivity contribution in [3.8, 4) is 11.5 Å². The number of hydrogen-bond donors (Lipinski definition) is 2. The van der Waals surface area contributed by atoms with Gasteiger partial charge in [0.2, 0.25) is 0 Å². The van der Waals surface area contributed by atoms with Crippen LogP contribution in [0.5, 0.6) is 11.5 Å². The summed E-state index contributed by atoms with van der Waals surface area (Å²) in [7, 11) is 0. The van der Waals surface area contributed by atoms with Crippen LogP contribution in [0.25, 0.3) is 0 Å². The highest BCUT2D eigenvalue weighted by Gasteiger charge is 2.25. The molecule has 0 aromatic heterocycles. The van der Waals surface area contributed by atoms with Crippen molar-refractivity contribution >= 4 is 0 Å². The van der Waals surface area contributed by atoms with Crippen LogP contribution in [0.15, 0.2) is 18.2 Å². The first-order valence-corrected chi connectivity index (χ1v) is 3.79. The predicted molar refractivity (Wildman–Crippen MR) is 41.7 cm³/mol. The highest BCUT2D eigenvalue weighted by molar-refractivity contribution is 5.42. The summed E-state index contributed by atoms with van der Waals surface area (Å²) in [6.07, 6.45) is 2.33. The van der Waals surface area contributed by atoms with E-state index in [0.29, 0.717) is 5.92 Å². The van der Waals surface area contributed by atoms with Crippen molar-refractivity contribution < 1.29 is 10.2 Å². The van der Waals surface area contributed by atoms with Gasteiger partial charge in [0, 0.05) is 6.07 Å². The van der Waals surface area contributed by atoms with Crippen molar-refractivity contribution in [1.82, 2.24) is 0 Å². The van der Waals surface area contributed by atoms with E-state index >= 15 is 0 Å².